The van der Waals surface area contributed by atoms with Gasteiger partial charge in [-0.15, -0.1) is 0 Å². The molecule has 0 aliphatic heterocycles. The van der Waals surface area contributed by atoms with E-state index in [0.717, 1.165) is 17.8 Å². The maximum Gasteiger partial charge on any atom is -0.0129 e. The minimum atomic E-state index is 0.789. The molecule has 1 aliphatic rings. The van der Waals surface area contributed by atoms with Gasteiger partial charge in [-0.1, -0.05) is 31.6 Å². The first-order valence-electron chi connectivity index (χ1n) is 5.28. The lowest BCUT2D eigenvalue weighted by atomic mass is 9.62. The first kappa shape index (κ1) is 10.6. The lowest BCUT2D eigenvalue weighted by Crippen LogP contribution is -2.34. The van der Waals surface area contributed by atoms with E-state index in [9.17, 15) is 0 Å². The molecule has 0 aromatic rings. The van der Waals surface area contributed by atoms with E-state index in [4.69, 9.17) is 0 Å². The molecule has 1 fully saturated rings. The van der Waals surface area contributed by atoms with Crippen LogP contribution in [-0.2, 0) is 0 Å². The van der Waals surface area contributed by atoms with Crippen molar-refractivity contribution in [2.45, 2.75) is 41.0 Å². The Labute approximate surface area is 82.7 Å². The topological polar surface area (TPSA) is 0 Å². The zero-order valence-corrected chi connectivity index (χ0v) is 9.65. The normalized spacial score (nSPS) is 32.2. The van der Waals surface area contributed by atoms with Gasteiger partial charge in [-0.3, -0.25) is 0 Å². The van der Waals surface area contributed by atoms with Gasteiger partial charge in [-0.2, -0.15) is 0 Å². The maximum atomic E-state index is 4.08. The van der Waals surface area contributed by atoms with Crippen LogP contribution in [0.4, 0.5) is 0 Å². The molecule has 0 N–H and O–H groups in total. The summed E-state index contributed by atoms with van der Waals surface area (Å²) >= 11 is 0. The van der Waals surface area contributed by atoms with Gasteiger partial charge in [-0.05, 0) is 50.5 Å². The molecule has 0 bridgehead atoms. The van der Waals surface area contributed by atoms with Crippen LogP contribution in [0.1, 0.15) is 41.0 Å². The fourth-order valence-electron chi connectivity index (χ4n) is 2.53. The monoisotopic (exact) mass is 178 g/mol. The average molecular weight is 178 g/mol. The summed E-state index contributed by atoms with van der Waals surface area (Å²) in [6.07, 6.45) is 1.36. The second kappa shape index (κ2) is 3.69. The molecule has 0 amide bonds. The highest BCUT2D eigenvalue weighted by atomic mass is 14.4. The van der Waals surface area contributed by atoms with Gasteiger partial charge in [-0.25, -0.2) is 0 Å². The van der Waals surface area contributed by atoms with Crippen molar-refractivity contribution in [3.05, 3.63) is 23.3 Å². The molecule has 3 atom stereocenters. The Morgan fingerprint density at radius 2 is 1.69 bits per heavy atom. The molecule has 0 radical (unpaired) electrons. The Bertz CT molecular complexity index is 241. The van der Waals surface area contributed by atoms with E-state index >= 15 is 0 Å². The van der Waals surface area contributed by atoms with Crippen molar-refractivity contribution < 1.29 is 0 Å². The molecule has 74 valence electrons. The van der Waals surface area contributed by atoms with Gasteiger partial charge in [0.1, 0.15) is 0 Å². The lowest BCUT2D eigenvalue weighted by Gasteiger charge is -2.43. The third-order valence-corrected chi connectivity index (χ3v) is 3.53. The van der Waals surface area contributed by atoms with Crippen LogP contribution in [0.2, 0.25) is 0 Å². The predicted molar refractivity (Wildman–Crippen MR) is 59.6 cm³/mol. The summed E-state index contributed by atoms with van der Waals surface area (Å²) in [7, 11) is 0. The van der Waals surface area contributed by atoms with Crippen LogP contribution in [0, 0.1) is 17.8 Å². The molecular weight excluding hydrogens is 156 g/mol. The van der Waals surface area contributed by atoms with Crippen LogP contribution in [0.3, 0.4) is 0 Å². The van der Waals surface area contributed by atoms with Gasteiger partial charge in [0.15, 0.2) is 0 Å². The van der Waals surface area contributed by atoms with E-state index in [1.165, 1.54) is 23.1 Å². The van der Waals surface area contributed by atoms with Crippen molar-refractivity contribution in [3.63, 3.8) is 0 Å². The summed E-state index contributed by atoms with van der Waals surface area (Å²) in [5, 5.41) is 0. The number of allylic oxidation sites excluding steroid dienone is 3. The fraction of sp³-hybridized carbons (Fsp3) is 0.692. The van der Waals surface area contributed by atoms with E-state index in [0.29, 0.717) is 0 Å². The van der Waals surface area contributed by atoms with Gasteiger partial charge in [0.2, 0.25) is 0 Å². The van der Waals surface area contributed by atoms with Crippen LogP contribution in [-0.4, -0.2) is 0 Å². The van der Waals surface area contributed by atoms with Crippen LogP contribution < -0.4 is 0 Å². The highest BCUT2D eigenvalue weighted by Gasteiger charge is 2.36. The second-order valence-corrected chi connectivity index (χ2v) is 4.87. The van der Waals surface area contributed by atoms with Gasteiger partial charge in [0.05, 0.1) is 0 Å². The predicted octanol–water partition coefficient (Wildman–Crippen LogP) is 4.19. The number of hydrogen-bond donors (Lipinski definition) is 0. The summed E-state index contributed by atoms with van der Waals surface area (Å²) in [5.74, 6) is 2.54. The Morgan fingerprint density at radius 1 is 1.15 bits per heavy atom. The summed E-state index contributed by atoms with van der Waals surface area (Å²) < 4.78 is 0. The van der Waals surface area contributed by atoms with Crippen molar-refractivity contribution in [1.29, 1.82) is 0 Å². The maximum absolute atomic E-state index is 4.08. The Morgan fingerprint density at radius 3 is 1.92 bits per heavy atom. The zero-order valence-electron chi connectivity index (χ0n) is 9.65. The van der Waals surface area contributed by atoms with Crippen molar-refractivity contribution in [2.75, 3.05) is 0 Å². The molecule has 0 saturated heterocycles. The summed E-state index contributed by atoms with van der Waals surface area (Å²) in [5.41, 5.74) is 4.26. The van der Waals surface area contributed by atoms with E-state index in [1.54, 1.807) is 0 Å². The van der Waals surface area contributed by atoms with E-state index < -0.39 is 0 Å². The minimum Gasteiger partial charge on any atom is -0.0958 e. The second-order valence-electron chi connectivity index (χ2n) is 4.87. The molecule has 13 heavy (non-hydrogen) atoms. The molecule has 3 unspecified atom stereocenters. The molecule has 0 heteroatoms. The molecule has 0 heterocycles. The van der Waals surface area contributed by atoms with Crippen molar-refractivity contribution in [1.82, 2.24) is 0 Å². The Hall–Kier alpha value is -0.520. The van der Waals surface area contributed by atoms with Crippen molar-refractivity contribution in [2.24, 2.45) is 17.8 Å². The molecule has 1 rings (SSSR count). The molecule has 0 spiro atoms. The van der Waals surface area contributed by atoms with E-state index in [2.05, 4.69) is 41.2 Å². The number of hydrogen-bond acceptors (Lipinski definition) is 0. The quantitative estimate of drug-likeness (QED) is 0.556. The Balaban J connectivity index is 2.81. The average Bonchev–Trinajstić information content (AvgIpc) is 2.02. The Kier molecular flexibility index (Phi) is 3.00. The number of rotatable bonds is 2. The first-order chi connectivity index (χ1) is 5.95. The zero-order chi connectivity index (χ0) is 10.2. The molecule has 1 saturated carbocycles. The van der Waals surface area contributed by atoms with E-state index in [-0.39, 0.29) is 0 Å². The van der Waals surface area contributed by atoms with Gasteiger partial charge < -0.3 is 0 Å². The van der Waals surface area contributed by atoms with Gasteiger partial charge >= 0.3 is 0 Å². The molecule has 0 aromatic heterocycles. The molecule has 1 aliphatic carbocycles. The SMILES string of the molecule is C=C(C)C(=C(C)C)C1CC(C)C1C. The van der Waals surface area contributed by atoms with Crippen LogP contribution in [0.25, 0.3) is 0 Å². The van der Waals surface area contributed by atoms with Gasteiger partial charge in [0.25, 0.3) is 0 Å². The summed E-state index contributed by atoms with van der Waals surface area (Å²) in [4.78, 5) is 0. The first-order valence-corrected chi connectivity index (χ1v) is 5.28. The molecule has 0 nitrogen and oxygen atoms in total. The highest BCUT2D eigenvalue weighted by molar-refractivity contribution is 5.34. The van der Waals surface area contributed by atoms with Crippen LogP contribution in [0.15, 0.2) is 23.3 Å². The largest absolute Gasteiger partial charge is 0.0958 e. The van der Waals surface area contributed by atoms with Crippen LogP contribution >= 0.6 is 0 Å². The van der Waals surface area contributed by atoms with Crippen molar-refractivity contribution in [3.8, 4) is 0 Å². The molecule has 0 aromatic carbocycles. The van der Waals surface area contributed by atoms with E-state index in [1.807, 2.05) is 0 Å². The van der Waals surface area contributed by atoms with Crippen LogP contribution in [0.5, 0.6) is 0 Å². The fourth-order valence-corrected chi connectivity index (χ4v) is 2.53. The van der Waals surface area contributed by atoms with Crippen molar-refractivity contribution >= 4 is 0 Å². The lowest BCUT2D eigenvalue weighted by molar-refractivity contribution is 0.136. The standard InChI is InChI=1S/C13H22/c1-8(2)13(9(3)4)12-7-10(5)11(12)6/h10-12H,1,7H2,2-6H3. The third kappa shape index (κ3) is 1.87. The smallest absolute Gasteiger partial charge is 0.0129 e. The highest BCUT2D eigenvalue weighted by Crippen LogP contribution is 2.46. The van der Waals surface area contributed by atoms with Gasteiger partial charge in [0, 0.05) is 0 Å². The summed E-state index contributed by atoms with van der Waals surface area (Å²) in [6, 6.07) is 0. The third-order valence-electron chi connectivity index (χ3n) is 3.53. The minimum absolute atomic E-state index is 0.789. The summed E-state index contributed by atoms with van der Waals surface area (Å²) in [6.45, 7) is 15.3. The molecular formula is C13H22.